The number of aliphatic imine (C=N–C) groups is 1. The van der Waals surface area contributed by atoms with E-state index < -0.39 is 15.7 Å². The van der Waals surface area contributed by atoms with Crippen LogP contribution in [0.15, 0.2) is 29.3 Å². The molecule has 6 nitrogen and oxygen atoms in total. The lowest BCUT2D eigenvalue weighted by Gasteiger charge is -2.24. The van der Waals surface area contributed by atoms with Crippen LogP contribution in [-0.2, 0) is 21.2 Å². The van der Waals surface area contributed by atoms with Gasteiger partial charge in [-0.2, -0.15) is 4.99 Å². The van der Waals surface area contributed by atoms with E-state index in [9.17, 15) is 13.2 Å². The topological polar surface area (TPSA) is 76.0 Å². The number of thioether (sulfide) groups is 1. The number of hydrogen-bond donors (Lipinski definition) is 0. The van der Waals surface area contributed by atoms with Gasteiger partial charge in [-0.05, 0) is 17.7 Å². The number of methoxy groups -OCH3 is 1. The van der Waals surface area contributed by atoms with Crippen LogP contribution in [0.25, 0.3) is 0 Å². The van der Waals surface area contributed by atoms with Gasteiger partial charge >= 0.3 is 0 Å². The number of halogens is 1. The maximum atomic E-state index is 11.9. The highest BCUT2D eigenvalue weighted by Gasteiger charge is 2.48. The number of fused-ring (bicyclic) bond motifs is 1. The van der Waals surface area contributed by atoms with E-state index in [0.717, 1.165) is 11.3 Å². The zero-order valence-electron chi connectivity index (χ0n) is 13.0. The number of carbonyl (C=O) groups is 1. The van der Waals surface area contributed by atoms with Gasteiger partial charge in [-0.25, -0.2) is 8.42 Å². The van der Waals surface area contributed by atoms with Crippen molar-refractivity contribution in [2.45, 2.75) is 17.8 Å². The van der Waals surface area contributed by atoms with Crippen LogP contribution < -0.4 is 4.74 Å². The lowest BCUT2D eigenvalue weighted by molar-refractivity contribution is -0.115. The van der Waals surface area contributed by atoms with E-state index >= 15 is 0 Å². The van der Waals surface area contributed by atoms with Crippen LogP contribution in [0.3, 0.4) is 0 Å². The first kappa shape index (κ1) is 17.6. The Morgan fingerprint density at radius 1 is 1.38 bits per heavy atom. The second-order valence-electron chi connectivity index (χ2n) is 5.70. The fourth-order valence-electron chi connectivity index (χ4n) is 2.88. The first-order chi connectivity index (χ1) is 11.4. The molecule has 2 unspecified atom stereocenters. The molecule has 2 atom stereocenters. The van der Waals surface area contributed by atoms with E-state index in [2.05, 4.69) is 4.99 Å². The van der Waals surface area contributed by atoms with Gasteiger partial charge < -0.3 is 9.64 Å². The molecule has 0 N–H and O–H groups in total. The summed E-state index contributed by atoms with van der Waals surface area (Å²) in [6.07, 6.45) is 0. The van der Waals surface area contributed by atoms with Crippen LogP contribution in [-0.4, -0.2) is 60.2 Å². The Morgan fingerprint density at radius 2 is 2.08 bits per heavy atom. The molecule has 0 aliphatic carbocycles. The Morgan fingerprint density at radius 3 is 2.71 bits per heavy atom. The summed E-state index contributed by atoms with van der Waals surface area (Å²) in [5.41, 5.74) is 0.993. The third-order valence-corrected chi connectivity index (χ3v) is 7.50. The van der Waals surface area contributed by atoms with Crippen molar-refractivity contribution in [3.63, 3.8) is 0 Å². The highest BCUT2D eigenvalue weighted by molar-refractivity contribution is 8.15. The van der Waals surface area contributed by atoms with Gasteiger partial charge in [0.15, 0.2) is 15.0 Å². The molecule has 2 heterocycles. The van der Waals surface area contributed by atoms with Crippen molar-refractivity contribution in [2.24, 2.45) is 4.99 Å². The summed E-state index contributed by atoms with van der Waals surface area (Å²) in [6.45, 7) is 0.488. The zero-order valence-corrected chi connectivity index (χ0v) is 15.4. The molecule has 2 saturated heterocycles. The third-order valence-electron chi connectivity index (χ3n) is 4.02. The fraction of sp³-hybridized carbons (Fsp3) is 0.467. The van der Waals surface area contributed by atoms with Crippen molar-refractivity contribution in [3.05, 3.63) is 29.8 Å². The molecule has 1 aromatic rings. The molecule has 0 spiro atoms. The van der Waals surface area contributed by atoms with Gasteiger partial charge in [0, 0.05) is 11.8 Å². The van der Waals surface area contributed by atoms with Crippen molar-refractivity contribution in [1.82, 2.24) is 4.90 Å². The summed E-state index contributed by atoms with van der Waals surface area (Å²) in [6, 6.07) is 7.37. The predicted molar refractivity (Wildman–Crippen MR) is 95.5 cm³/mol. The minimum Gasteiger partial charge on any atom is -0.497 e. The van der Waals surface area contributed by atoms with Crippen LogP contribution >= 0.6 is 23.4 Å². The summed E-state index contributed by atoms with van der Waals surface area (Å²) in [7, 11) is -1.45. The molecule has 0 bridgehead atoms. The summed E-state index contributed by atoms with van der Waals surface area (Å²) >= 11 is 6.90. The van der Waals surface area contributed by atoms with E-state index in [1.807, 2.05) is 29.2 Å². The summed E-state index contributed by atoms with van der Waals surface area (Å²) in [5, 5.41) is 0.469. The SMILES string of the molecule is COc1ccc(CN2C(=NC(=O)CCl)SC3CS(=O)(=O)CC32)cc1. The number of carbonyl (C=O) groups excluding carboxylic acids is 1. The predicted octanol–water partition coefficient (Wildman–Crippen LogP) is 1.53. The second-order valence-corrected chi connectivity index (χ2v) is 9.33. The Balaban J connectivity index is 1.86. The van der Waals surface area contributed by atoms with E-state index in [-0.39, 0.29) is 28.7 Å². The first-order valence-corrected chi connectivity index (χ1v) is 10.6. The molecule has 1 aromatic carbocycles. The fourth-order valence-corrected chi connectivity index (χ4v) is 6.91. The molecule has 1 amide bonds. The van der Waals surface area contributed by atoms with Crippen LogP contribution in [0, 0.1) is 0 Å². The van der Waals surface area contributed by atoms with Crippen molar-refractivity contribution < 1.29 is 17.9 Å². The van der Waals surface area contributed by atoms with Crippen LogP contribution in [0.1, 0.15) is 5.56 Å². The third kappa shape index (κ3) is 3.70. The molecule has 2 fully saturated rings. The number of hydrogen-bond acceptors (Lipinski definition) is 5. The number of amidine groups is 1. The van der Waals surface area contributed by atoms with E-state index in [1.54, 1.807) is 7.11 Å². The standard InChI is InChI=1S/C15H17ClN2O4S2/c1-22-11-4-2-10(3-5-11)7-18-12-8-24(20,21)9-13(12)23-15(18)17-14(19)6-16/h2-5,12-13H,6-9H2,1H3. The summed E-state index contributed by atoms with van der Waals surface area (Å²) in [5.74, 6) is 0.363. The molecule has 24 heavy (non-hydrogen) atoms. The number of ether oxygens (including phenoxy) is 1. The number of nitrogens with zero attached hydrogens (tertiary/aromatic N) is 2. The highest BCUT2D eigenvalue weighted by atomic mass is 35.5. The normalized spacial score (nSPS) is 26.6. The zero-order chi connectivity index (χ0) is 17.3. The number of amides is 1. The molecule has 0 saturated carbocycles. The number of sulfone groups is 1. The molecule has 130 valence electrons. The van der Waals surface area contributed by atoms with Crippen LogP contribution in [0.4, 0.5) is 0 Å². The second kappa shape index (κ2) is 6.93. The molecule has 0 aromatic heterocycles. The van der Waals surface area contributed by atoms with Gasteiger partial charge in [0.25, 0.3) is 5.91 Å². The van der Waals surface area contributed by atoms with Crippen LogP contribution in [0.2, 0.25) is 0 Å². The average Bonchev–Trinajstić information content (AvgIpc) is 3.01. The Bertz CT molecular complexity index is 764. The van der Waals surface area contributed by atoms with Gasteiger partial charge in [-0.3, -0.25) is 4.79 Å². The maximum absolute atomic E-state index is 11.9. The maximum Gasteiger partial charge on any atom is 0.262 e. The lowest BCUT2D eigenvalue weighted by Crippen LogP contribution is -2.37. The lowest BCUT2D eigenvalue weighted by atomic mass is 10.1. The molecular weight excluding hydrogens is 372 g/mol. The summed E-state index contributed by atoms with van der Waals surface area (Å²) in [4.78, 5) is 17.6. The van der Waals surface area contributed by atoms with E-state index in [0.29, 0.717) is 11.7 Å². The molecule has 0 radical (unpaired) electrons. The number of benzene rings is 1. The molecular formula is C15H17ClN2O4S2. The van der Waals surface area contributed by atoms with Gasteiger partial charge in [0.05, 0.1) is 24.7 Å². The first-order valence-electron chi connectivity index (χ1n) is 7.36. The van der Waals surface area contributed by atoms with Gasteiger partial charge in [0.1, 0.15) is 11.6 Å². The quantitative estimate of drug-likeness (QED) is 0.728. The smallest absolute Gasteiger partial charge is 0.262 e. The molecule has 9 heteroatoms. The molecule has 2 aliphatic heterocycles. The van der Waals surface area contributed by atoms with Gasteiger partial charge in [-0.1, -0.05) is 23.9 Å². The van der Waals surface area contributed by atoms with Gasteiger partial charge in [-0.15, -0.1) is 11.6 Å². The molecule has 2 aliphatic rings. The largest absolute Gasteiger partial charge is 0.497 e. The van der Waals surface area contributed by atoms with Crippen molar-refractivity contribution in [2.75, 3.05) is 24.5 Å². The van der Waals surface area contributed by atoms with Crippen molar-refractivity contribution in [1.29, 1.82) is 0 Å². The minimum absolute atomic E-state index is 0.0878. The van der Waals surface area contributed by atoms with E-state index in [1.165, 1.54) is 11.8 Å². The van der Waals surface area contributed by atoms with Gasteiger partial charge in [0.2, 0.25) is 0 Å². The van der Waals surface area contributed by atoms with Crippen molar-refractivity contribution in [3.8, 4) is 5.75 Å². The van der Waals surface area contributed by atoms with E-state index in [4.69, 9.17) is 16.3 Å². The molecule has 3 rings (SSSR count). The van der Waals surface area contributed by atoms with Crippen LogP contribution in [0.5, 0.6) is 5.75 Å². The number of rotatable bonds is 4. The monoisotopic (exact) mass is 388 g/mol. The van der Waals surface area contributed by atoms with Crippen molar-refractivity contribution >= 4 is 44.3 Å². The summed E-state index contributed by atoms with van der Waals surface area (Å²) < 4.78 is 29.0. The highest BCUT2D eigenvalue weighted by Crippen LogP contribution is 2.39. The Kier molecular flexibility index (Phi) is 5.08. The Labute approximate surface area is 150 Å². The Hall–Kier alpha value is -1.25. The average molecular weight is 389 g/mol. The number of alkyl halides is 1. The minimum atomic E-state index is -3.05.